The number of hydrogen-bond donors (Lipinski definition) is 1. The normalized spacial score (nSPS) is 12.9. The van der Waals surface area contributed by atoms with Crippen molar-refractivity contribution in [3.05, 3.63) is 53.6 Å². The molecule has 1 N–H and O–H groups in total. The second-order valence-corrected chi connectivity index (χ2v) is 5.07. The highest BCUT2D eigenvalue weighted by atomic mass is 16.5. The molecule has 6 nitrogen and oxygen atoms in total. The van der Waals surface area contributed by atoms with Gasteiger partial charge in [-0.3, -0.25) is 9.59 Å². The average Bonchev–Trinajstić information content (AvgIpc) is 2.58. The fourth-order valence-corrected chi connectivity index (χ4v) is 2.28. The maximum atomic E-state index is 12.3. The first-order chi connectivity index (χ1) is 11.1. The number of benzene rings is 2. The molecule has 0 radical (unpaired) electrons. The predicted molar refractivity (Wildman–Crippen MR) is 84.5 cm³/mol. The molecule has 1 heterocycles. The summed E-state index contributed by atoms with van der Waals surface area (Å²) < 4.78 is 5.34. The van der Waals surface area contributed by atoms with Gasteiger partial charge in [0.2, 0.25) is 0 Å². The van der Waals surface area contributed by atoms with E-state index in [4.69, 9.17) is 10.00 Å². The smallest absolute Gasteiger partial charge is 0.264 e. The van der Waals surface area contributed by atoms with Gasteiger partial charge in [0.1, 0.15) is 5.75 Å². The molecule has 0 aliphatic carbocycles. The number of fused-ring (bicyclic) bond motifs is 1. The summed E-state index contributed by atoms with van der Waals surface area (Å²) in [4.78, 5) is 25.4. The van der Waals surface area contributed by atoms with Gasteiger partial charge in [0.05, 0.1) is 17.3 Å². The predicted octanol–water partition coefficient (Wildman–Crippen LogP) is 2.17. The molecule has 0 saturated carbocycles. The second kappa shape index (κ2) is 5.81. The molecule has 0 atom stereocenters. The molecule has 0 fully saturated rings. The van der Waals surface area contributed by atoms with E-state index in [9.17, 15) is 9.59 Å². The zero-order valence-electron chi connectivity index (χ0n) is 12.4. The molecule has 0 spiro atoms. The number of amides is 2. The number of nitriles is 1. The molecular weight excluding hydrogens is 294 g/mol. The average molecular weight is 307 g/mol. The molecule has 2 aromatic carbocycles. The Balaban J connectivity index is 1.84. The van der Waals surface area contributed by atoms with Crippen LogP contribution in [-0.4, -0.2) is 25.5 Å². The highest BCUT2D eigenvalue weighted by Gasteiger charge is 2.22. The van der Waals surface area contributed by atoms with Crippen LogP contribution in [0, 0.1) is 11.3 Å². The van der Waals surface area contributed by atoms with Crippen LogP contribution in [0.2, 0.25) is 0 Å². The number of hydrogen-bond acceptors (Lipinski definition) is 4. The van der Waals surface area contributed by atoms with E-state index in [1.54, 1.807) is 43.4 Å². The lowest BCUT2D eigenvalue weighted by Gasteiger charge is -2.26. The molecule has 2 aromatic rings. The molecular formula is C17H13N3O3. The van der Waals surface area contributed by atoms with Gasteiger partial charge < -0.3 is 15.0 Å². The highest BCUT2D eigenvalue weighted by Crippen LogP contribution is 2.33. The van der Waals surface area contributed by atoms with E-state index in [-0.39, 0.29) is 18.4 Å². The molecule has 0 unspecified atom stereocenters. The van der Waals surface area contributed by atoms with Crippen molar-refractivity contribution >= 4 is 23.2 Å². The molecule has 3 rings (SSSR count). The van der Waals surface area contributed by atoms with Gasteiger partial charge >= 0.3 is 0 Å². The van der Waals surface area contributed by atoms with Gasteiger partial charge in [0, 0.05) is 18.3 Å². The van der Waals surface area contributed by atoms with Crippen LogP contribution in [0.4, 0.5) is 11.4 Å². The zero-order valence-corrected chi connectivity index (χ0v) is 12.4. The van der Waals surface area contributed by atoms with Gasteiger partial charge in [-0.2, -0.15) is 5.26 Å². The van der Waals surface area contributed by atoms with Gasteiger partial charge in [-0.1, -0.05) is 6.07 Å². The Bertz CT molecular complexity index is 839. The third-order valence-corrected chi connectivity index (χ3v) is 3.56. The number of anilines is 2. The number of carbonyl (C=O) groups is 2. The van der Waals surface area contributed by atoms with Crippen LogP contribution in [0.5, 0.6) is 5.75 Å². The van der Waals surface area contributed by atoms with E-state index in [1.807, 2.05) is 6.07 Å². The molecule has 1 aliphatic heterocycles. The van der Waals surface area contributed by atoms with Gasteiger partial charge in [-0.05, 0) is 36.4 Å². The van der Waals surface area contributed by atoms with Crippen molar-refractivity contribution in [2.45, 2.75) is 0 Å². The Morgan fingerprint density at radius 1 is 1.30 bits per heavy atom. The summed E-state index contributed by atoms with van der Waals surface area (Å²) in [6.45, 7) is 0.0101. The lowest BCUT2D eigenvalue weighted by Crippen LogP contribution is -2.35. The lowest BCUT2D eigenvalue weighted by atomic mass is 10.1. The first-order valence-corrected chi connectivity index (χ1v) is 6.93. The standard InChI is InChI=1S/C17H13N3O3/c1-20-14-8-13(5-6-15(14)23-10-16(20)21)19-17(22)12-4-2-3-11(7-12)9-18/h2-8H,10H2,1H3,(H,19,22). The van der Waals surface area contributed by atoms with Crippen LogP contribution >= 0.6 is 0 Å². The van der Waals surface area contributed by atoms with Crippen molar-refractivity contribution in [2.24, 2.45) is 0 Å². The van der Waals surface area contributed by atoms with Crippen LogP contribution in [0.25, 0.3) is 0 Å². The summed E-state index contributed by atoms with van der Waals surface area (Å²) in [6, 6.07) is 13.5. The fraction of sp³-hybridized carbons (Fsp3) is 0.118. The number of nitrogens with one attached hydrogen (secondary N) is 1. The van der Waals surface area contributed by atoms with Crippen LogP contribution in [-0.2, 0) is 4.79 Å². The third kappa shape index (κ3) is 2.85. The van der Waals surface area contributed by atoms with Crippen molar-refractivity contribution in [1.82, 2.24) is 0 Å². The van der Waals surface area contributed by atoms with Crippen LogP contribution in [0.3, 0.4) is 0 Å². The van der Waals surface area contributed by atoms with Crippen molar-refractivity contribution in [3.8, 4) is 11.8 Å². The SMILES string of the molecule is CN1C(=O)COc2ccc(NC(=O)c3cccc(C#N)c3)cc21. The summed E-state index contributed by atoms with van der Waals surface area (Å²) in [7, 11) is 1.66. The Labute approximate surface area is 132 Å². The number of rotatable bonds is 2. The topological polar surface area (TPSA) is 82.4 Å². The molecule has 6 heteroatoms. The van der Waals surface area contributed by atoms with Crippen molar-refractivity contribution in [3.63, 3.8) is 0 Å². The minimum atomic E-state index is -0.326. The van der Waals surface area contributed by atoms with Gasteiger partial charge in [0.15, 0.2) is 6.61 Å². The van der Waals surface area contributed by atoms with E-state index in [1.165, 1.54) is 11.0 Å². The zero-order chi connectivity index (χ0) is 16.4. The van der Waals surface area contributed by atoms with E-state index in [0.717, 1.165) is 0 Å². The first-order valence-electron chi connectivity index (χ1n) is 6.93. The number of nitrogens with zero attached hydrogens (tertiary/aromatic N) is 2. The molecule has 2 amide bonds. The highest BCUT2D eigenvalue weighted by molar-refractivity contribution is 6.05. The summed E-state index contributed by atoms with van der Waals surface area (Å²) in [5, 5.41) is 11.6. The maximum absolute atomic E-state index is 12.3. The summed E-state index contributed by atoms with van der Waals surface area (Å²) in [5.41, 5.74) is 1.95. The maximum Gasteiger partial charge on any atom is 0.264 e. The van der Waals surface area contributed by atoms with Crippen LogP contribution in [0.15, 0.2) is 42.5 Å². The molecule has 114 valence electrons. The van der Waals surface area contributed by atoms with E-state index in [0.29, 0.717) is 28.3 Å². The lowest BCUT2D eigenvalue weighted by molar-refractivity contribution is -0.120. The quantitative estimate of drug-likeness (QED) is 0.921. The van der Waals surface area contributed by atoms with E-state index < -0.39 is 0 Å². The Morgan fingerprint density at radius 3 is 2.91 bits per heavy atom. The summed E-state index contributed by atoms with van der Waals surface area (Å²) in [6.07, 6.45) is 0. The number of likely N-dealkylation sites (N-methyl/N-ethyl adjacent to an activating group) is 1. The fourth-order valence-electron chi connectivity index (χ4n) is 2.28. The molecule has 0 bridgehead atoms. The minimum Gasteiger partial charge on any atom is -0.482 e. The monoisotopic (exact) mass is 307 g/mol. The second-order valence-electron chi connectivity index (χ2n) is 5.07. The van der Waals surface area contributed by atoms with Gasteiger partial charge in [-0.15, -0.1) is 0 Å². The molecule has 0 aromatic heterocycles. The van der Waals surface area contributed by atoms with Crippen LogP contribution < -0.4 is 15.0 Å². The first kappa shape index (κ1) is 14.6. The number of ether oxygens (including phenoxy) is 1. The summed E-state index contributed by atoms with van der Waals surface area (Å²) >= 11 is 0. The minimum absolute atomic E-state index is 0.0101. The Kier molecular flexibility index (Phi) is 3.69. The Morgan fingerprint density at radius 2 is 2.13 bits per heavy atom. The van der Waals surface area contributed by atoms with Crippen molar-refractivity contribution in [2.75, 3.05) is 23.9 Å². The summed E-state index contributed by atoms with van der Waals surface area (Å²) in [5.74, 6) is 0.118. The van der Waals surface area contributed by atoms with E-state index in [2.05, 4.69) is 5.32 Å². The largest absolute Gasteiger partial charge is 0.482 e. The molecule has 1 aliphatic rings. The molecule has 23 heavy (non-hydrogen) atoms. The Hall–Kier alpha value is -3.33. The third-order valence-electron chi connectivity index (χ3n) is 3.56. The van der Waals surface area contributed by atoms with Crippen molar-refractivity contribution < 1.29 is 14.3 Å². The van der Waals surface area contributed by atoms with Gasteiger partial charge in [-0.25, -0.2) is 0 Å². The van der Waals surface area contributed by atoms with Gasteiger partial charge in [0.25, 0.3) is 11.8 Å². The molecule has 0 saturated heterocycles. The van der Waals surface area contributed by atoms with Crippen molar-refractivity contribution in [1.29, 1.82) is 5.26 Å². The van der Waals surface area contributed by atoms with Crippen LogP contribution in [0.1, 0.15) is 15.9 Å². The number of carbonyl (C=O) groups excluding carboxylic acids is 2. The van der Waals surface area contributed by atoms with E-state index >= 15 is 0 Å².